The van der Waals surface area contributed by atoms with Crippen LogP contribution in [0.2, 0.25) is 0 Å². The molecule has 0 aliphatic carbocycles. The number of carbonyl (C=O) groups excluding carboxylic acids is 2. The molecule has 0 spiro atoms. The second-order valence-electron chi connectivity index (χ2n) is 12.3. The summed E-state index contributed by atoms with van der Waals surface area (Å²) in [4.78, 5) is 26.5. The lowest BCUT2D eigenvalue weighted by Gasteiger charge is -2.33. The van der Waals surface area contributed by atoms with Gasteiger partial charge in [0.25, 0.3) is 0 Å². The minimum absolute atomic E-state index is 0.00686. The zero-order chi connectivity index (χ0) is 34.3. The molecule has 1 heterocycles. The van der Waals surface area contributed by atoms with Crippen LogP contribution >= 0.6 is 0 Å². The molecule has 10 atom stereocenters. The van der Waals surface area contributed by atoms with Crippen molar-refractivity contribution in [3.05, 3.63) is 83.7 Å². The number of hydrogen-bond acceptors (Lipinski definition) is 8. The van der Waals surface area contributed by atoms with E-state index >= 15 is 0 Å². The second kappa shape index (κ2) is 20.2. The Kier molecular flexibility index (Phi) is 17.9. The van der Waals surface area contributed by atoms with E-state index in [1.54, 1.807) is 57.2 Å². The van der Waals surface area contributed by atoms with Crippen LogP contribution in [0.5, 0.6) is 0 Å². The van der Waals surface area contributed by atoms with Crippen molar-refractivity contribution < 1.29 is 39.1 Å². The summed E-state index contributed by atoms with van der Waals surface area (Å²) in [5.74, 6) is -3.18. The van der Waals surface area contributed by atoms with Crippen molar-refractivity contribution in [3.8, 4) is 0 Å². The summed E-state index contributed by atoms with van der Waals surface area (Å²) in [6, 6.07) is 0. The number of esters is 1. The summed E-state index contributed by atoms with van der Waals surface area (Å²) < 4.78 is 17.1. The van der Waals surface area contributed by atoms with E-state index in [0.29, 0.717) is 6.42 Å². The van der Waals surface area contributed by atoms with Gasteiger partial charge in [-0.15, -0.1) is 0 Å². The molecule has 0 aromatic carbocycles. The van der Waals surface area contributed by atoms with Gasteiger partial charge in [0.1, 0.15) is 12.2 Å². The van der Waals surface area contributed by atoms with Crippen molar-refractivity contribution in [1.82, 2.24) is 0 Å². The number of ether oxygens (including phenoxy) is 3. The second-order valence-corrected chi connectivity index (χ2v) is 12.3. The highest BCUT2D eigenvalue weighted by Crippen LogP contribution is 2.27. The maximum absolute atomic E-state index is 13.4. The van der Waals surface area contributed by atoms with Crippen molar-refractivity contribution in [1.29, 1.82) is 0 Å². The molecule has 0 aromatic heterocycles. The molecule has 8 heteroatoms. The molecule has 8 nitrogen and oxygen atoms in total. The predicted octanol–water partition coefficient (Wildman–Crippen LogP) is 5.82. The monoisotopic (exact) mass is 628 g/mol. The number of ketones is 1. The molecule has 0 saturated heterocycles. The SMILES string of the molecule is C/C=C/C=C/[C@H](O)[C@@H](C)/C=C/C(=O)[C@@H](C)[C@H](O)[C@H](C)[C@H]1OC(=O)/C(OC)=C/C(C)=C/[C@@H](C)[C@@H](O)[C@@H](C)C/C(C)=C/C=C/[C@@H]1OC. The number of aliphatic hydroxyl groups excluding tert-OH is 3. The molecule has 0 saturated carbocycles. The van der Waals surface area contributed by atoms with Crippen LogP contribution in [0.25, 0.3) is 0 Å². The first kappa shape index (κ1) is 40.0. The molecule has 252 valence electrons. The molecule has 0 amide bonds. The van der Waals surface area contributed by atoms with Gasteiger partial charge in [0.15, 0.2) is 5.78 Å². The van der Waals surface area contributed by atoms with Crippen molar-refractivity contribution in [2.45, 2.75) is 92.3 Å². The van der Waals surface area contributed by atoms with Crippen LogP contribution < -0.4 is 0 Å². The van der Waals surface area contributed by atoms with Crippen molar-refractivity contribution in [2.24, 2.45) is 29.6 Å². The molecule has 0 unspecified atom stereocenters. The Morgan fingerprint density at radius 1 is 1.09 bits per heavy atom. The first-order chi connectivity index (χ1) is 21.2. The van der Waals surface area contributed by atoms with Crippen LogP contribution in [-0.4, -0.2) is 71.8 Å². The summed E-state index contributed by atoms with van der Waals surface area (Å²) >= 11 is 0. The van der Waals surface area contributed by atoms with Gasteiger partial charge in [0.05, 0.1) is 25.4 Å². The van der Waals surface area contributed by atoms with Gasteiger partial charge in [0, 0.05) is 30.8 Å². The van der Waals surface area contributed by atoms with Crippen molar-refractivity contribution in [3.63, 3.8) is 0 Å². The van der Waals surface area contributed by atoms with Crippen LogP contribution in [0.3, 0.4) is 0 Å². The largest absolute Gasteiger partial charge is 0.490 e. The summed E-state index contributed by atoms with van der Waals surface area (Å²) in [6.07, 6.45) is 15.4. The Labute approximate surface area is 270 Å². The van der Waals surface area contributed by atoms with E-state index in [-0.39, 0.29) is 29.3 Å². The third-order valence-electron chi connectivity index (χ3n) is 8.32. The molecule has 1 rings (SSSR count). The van der Waals surface area contributed by atoms with Crippen LogP contribution in [-0.2, 0) is 23.8 Å². The lowest BCUT2D eigenvalue weighted by Crippen LogP contribution is -2.45. The van der Waals surface area contributed by atoms with E-state index in [1.807, 2.05) is 58.9 Å². The first-order valence-electron chi connectivity index (χ1n) is 15.8. The first-order valence-corrected chi connectivity index (χ1v) is 15.8. The van der Waals surface area contributed by atoms with Gasteiger partial charge in [-0.2, -0.15) is 0 Å². The number of carbonyl (C=O) groups is 2. The third kappa shape index (κ3) is 13.1. The van der Waals surface area contributed by atoms with Crippen LogP contribution in [0.1, 0.15) is 61.8 Å². The minimum atomic E-state index is -1.19. The van der Waals surface area contributed by atoms with Gasteiger partial charge in [-0.05, 0) is 45.3 Å². The molecule has 0 fully saturated rings. The fourth-order valence-electron chi connectivity index (χ4n) is 5.29. The highest BCUT2D eigenvalue weighted by molar-refractivity contribution is 5.92. The zero-order valence-corrected chi connectivity index (χ0v) is 28.7. The van der Waals surface area contributed by atoms with E-state index in [9.17, 15) is 24.9 Å². The summed E-state index contributed by atoms with van der Waals surface area (Å²) in [5.41, 5.74) is 1.77. The molecule has 1 aliphatic rings. The summed E-state index contributed by atoms with van der Waals surface area (Å²) in [5, 5.41) is 32.6. The summed E-state index contributed by atoms with van der Waals surface area (Å²) in [7, 11) is 2.85. The van der Waals surface area contributed by atoms with E-state index in [0.717, 1.165) is 11.1 Å². The number of hydrogen-bond donors (Lipinski definition) is 3. The predicted molar refractivity (Wildman–Crippen MR) is 179 cm³/mol. The van der Waals surface area contributed by atoms with E-state index < -0.39 is 48.3 Å². The number of aliphatic hydroxyl groups is 3. The lowest BCUT2D eigenvalue weighted by molar-refractivity contribution is -0.162. The van der Waals surface area contributed by atoms with Gasteiger partial charge >= 0.3 is 5.97 Å². The Balaban J connectivity index is 3.41. The Hall–Kier alpha value is -3.04. The van der Waals surface area contributed by atoms with E-state index in [1.165, 1.54) is 20.3 Å². The summed E-state index contributed by atoms with van der Waals surface area (Å²) in [6.45, 7) is 14.7. The van der Waals surface area contributed by atoms with Gasteiger partial charge in [0.2, 0.25) is 5.76 Å². The Morgan fingerprint density at radius 2 is 1.76 bits per heavy atom. The molecule has 0 radical (unpaired) electrons. The van der Waals surface area contributed by atoms with Crippen LogP contribution in [0, 0.1) is 29.6 Å². The normalized spacial score (nSPS) is 32.0. The standard InChI is InChI=1S/C37H56O8/c1-11-12-13-16-30(38)25(4)18-19-31(39)28(7)35(41)29(8)36-32(43-9)17-14-15-23(2)20-26(5)34(40)27(6)21-24(3)22-33(44-10)37(42)45-36/h11-19,21-22,25-30,32,34-36,38,40-41H,20H2,1-10H3/b12-11+,16-13+,17-14+,19-18+,23-15+,24-21+,33-22-/t25-,26-,27+,28+,29-,30-,32-,34-,35-,36+/m0/s1. The van der Waals surface area contributed by atoms with Gasteiger partial charge in [-0.25, -0.2) is 4.79 Å². The number of methoxy groups -OCH3 is 2. The number of allylic oxidation sites excluding steroid dienone is 9. The molecule has 3 N–H and O–H groups in total. The topological polar surface area (TPSA) is 123 Å². The fourth-order valence-corrected chi connectivity index (χ4v) is 5.29. The molecular formula is C37H56O8. The molecule has 45 heavy (non-hydrogen) atoms. The highest BCUT2D eigenvalue weighted by Gasteiger charge is 2.38. The zero-order valence-electron chi connectivity index (χ0n) is 28.7. The van der Waals surface area contributed by atoms with E-state index in [2.05, 4.69) is 0 Å². The highest BCUT2D eigenvalue weighted by atomic mass is 16.6. The minimum Gasteiger partial charge on any atom is -0.490 e. The van der Waals surface area contributed by atoms with Crippen LogP contribution in [0.15, 0.2) is 83.7 Å². The van der Waals surface area contributed by atoms with Gasteiger partial charge in [-0.1, -0.05) is 100 Å². The van der Waals surface area contributed by atoms with Crippen LogP contribution in [0.4, 0.5) is 0 Å². The molecule has 0 bridgehead atoms. The fraction of sp³-hybridized carbons (Fsp3) is 0.568. The molecule has 0 aromatic rings. The molecule has 1 aliphatic heterocycles. The average Bonchev–Trinajstić information content (AvgIpc) is 3.01. The van der Waals surface area contributed by atoms with Crippen molar-refractivity contribution in [2.75, 3.05) is 14.2 Å². The Morgan fingerprint density at radius 3 is 2.36 bits per heavy atom. The Bertz CT molecular complexity index is 1160. The number of rotatable bonds is 11. The lowest BCUT2D eigenvalue weighted by atomic mass is 9.84. The third-order valence-corrected chi connectivity index (χ3v) is 8.32. The van der Waals surface area contributed by atoms with Gasteiger partial charge in [-0.3, -0.25) is 4.79 Å². The number of cyclic esters (lactones) is 1. The van der Waals surface area contributed by atoms with Gasteiger partial charge < -0.3 is 29.5 Å². The average molecular weight is 629 g/mol. The van der Waals surface area contributed by atoms with E-state index in [4.69, 9.17) is 14.2 Å². The molecular weight excluding hydrogens is 572 g/mol. The van der Waals surface area contributed by atoms with Crippen molar-refractivity contribution >= 4 is 11.8 Å². The smallest absolute Gasteiger partial charge is 0.373 e. The quantitative estimate of drug-likeness (QED) is 0.149. The maximum Gasteiger partial charge on any atom is 0.373 e. The maximum atomic E-state index is 13.4.